The van der Waals surface area contributed by atoms with Crippen molar-refractivity contribution in [2.24, 2.45) is 0 Å². The molecular weight excluding hydrogens is 449 g/mol. The Balaban J connectivity index is 1.54. The van der Waals surface area contributed by atoms with E-state index in [0.717, 1.165) is 0 Å². The molecule has 2 N–H and O–H groups in total. The van der Waals surface area contributed by atoms with Crippen LogP contribution in [0.15, 0.2) is 64.1 Å². The topological polar surface area (TPSA) is 119 Å². The highest BCUT2D eigenvalue weighted by Gasteiger charge is 2.19. The fraction of sp³-hybridized carbons (Fsp3) is 0.136. The van der Waals surface area contributed by atoms with E-state index in [1.165, 1.54) is 31.5 Å². The average molecular weight is 469 g/mol. The van der Waals surface area contributed by atoms with Gasteiger partial charge in [0.2, 0.25) is 11.8 Å². The molecule has 0 bridgehead atoms. The van der Waals surface area contributed by atoms with Crippen molar-refractivity contribution in [3.05, 3.63) is 71.8 Å². The Hall–Kier alpha value is -3.99. The molecule has 0 saturated carbocycles. The van der Waals surface area contributed by atoms with Crippen LogP contribution in [0.25, 0.3) is 11.3 Å². The van der Waals surface area contributed by atoms with Crippen molar-refractivity contribution in [1.29, 1.82) is 0 Å². The van der Waals surface area contributed by atoms with Gasteiger partial charge in [0.25, 0.3) is 10.0 Å². The number of nitrogens with zero attached hydrogens (tertiary/aromatic N) is 3. The highest BCUT2D eigenvalue weighted by molar-refractivity contribution is 7.92. The van der Waals surface area contributed by atoms with E-state index in [9.17, 15) is 12.8 Å². The van der Waals surface area contributed by atoms with E-state index in [2.05, 4.69) is 25.2 Å². The van der Waals surface area contributed by atoms with Gasteiger partial charge in [0.1, 0.15) is 11.6 Å². The molecule has 0 fully saturated rings. The van der Waals surface area contributed by atoms with Crippen LogP contribution in [0.3, 0.4) is 0 Å². The van der Waals surface area contributed by atoms with Gasteiger partial charge in [-0.2, -0.15) is 0 Å². The largest absolute Gasteiger partial charge is 0.496 e. The van der Waals surface area contributed by atoms with Crippen LogP contribution >= 0.6 is 0 Å². The minimum Gasteiger partial charge on any atom is -0.496 e. The van der Waals surface area contributed by atoms with Gasteiger partial charge in [0.05, 0.1) is 29.0 Å². The van der Waals surface area contributed by atoms with Gasteiger partial charge in [0, 0.05) is 17.4 Å². The molecule has 2 aromatic carbocycles. The molecule has 33 heavy (non-hydrogen) atoms. The van der Waals surface area contributed by atoms with E-state index in [-0.39, 0.29) is 22.3 Å². The predicted molar refractivity (Wildman–Crippen MR) is 120 cm³/mol. The number of halogens is 1. The molecule has 0 amide bonds. The van der Waals surface area contributed by atoms with Gasteiger partial charge in [-0.05, 0) is 56.3 Å². The summed E-state index contributed by atoms with van der Waals surface area (Å²) in [5, 5.41) is 6.73. The first kappa shape index (κ1) is 22.2. The van der Waals surface area contributed by atoms with Crippen molar-refractivity contribution < 1.29 is 22.1 Å². The van der Waals surface area contributed by atoms with E-state index in [1.807, 2.05) is 0 Å². The lowest BCUT2D eigenvalue weighted by Crippen LogP contribution is -2.13. The number of methoxy groups -OCH3 is 1. The molecule has 0 saturated heterocycles. The Morgan fingerprint density at radius 1 is 1.06 bits per heavy atom. The Kier molecular flexibility index (Phi) is 5.97. The minimum atomic E-state index is -3.87. The maximum atomic E-state index is 14.4. The van der Waals surface area contributed by atoms with E-state index >= 15 is 0 Å². The van der Waals surface area contributed by atoms with Crippen molar-refractivity contribution in [2.75, 3.05) is 17.1 Å². The van der Waals surface area contributed by atoms with E-state index < -0.39 is 15.8 Å². The second kappa shape index (κ2) is 8.87. The zero-order valence-corrected chi connectivity index (χ0v) is 18.8. The summed E-state index contributed by atoms with van der Waals surface area (Å²) in [6, 6.07) is 12.1. The van der Waals surface area contributed by atoms with Gasteiger partial charge in [-0.15, -0.1) is 0 Å². The fourth-order valence-corrected chi connectivity index (χ4v) is 4.07. The maximum absolute atomic E-state index is 14.4. The second-order valence-corrected chi connectivity index (χ2v) is 8.74. The number of rotatable bonds is 7. The number of anilines is 3. The summed E-state index contributed by atoms with van der Waals surface area (Å²) < 4.78 is 52.3. The number of ether oxygens (including phenoxy) is 1. The molecule has 0 aliphatic heterocycles. The smallest absolute Gasteiger partial charge is 0.264 e. The second-order valence-electron chi connectivity index (χ2n) is 7.06. The number of aromatic nitrogens is 3. The van der Waals surface area contributed by atoms with Gasteiger partial charge >= 0.3 is 0 Å². The molecule has 2 heterocycles. The van der Waals surface area contributed by atoms with E-state index in [0.29, 0.717) is 28.4 Å². The molecule has 0 spiro atoms. The zero-order chi connectivity index (χ0) is 23.6. The Morgan fingerprint density at radius 3 is 2.48 bits per heavy atom. The number of hydrogen-bond acceptors (Lipinski definition) is 8. The maximum Gasteiger partial charge on any atom is 0.264 e. The zero-order valence-electron chi connectivity index (χ0n) is 18.0. The molecule has 170 valence electrons. The van der Waals surface area contributed by atoms with Crippen molar-refractivity contribution in [2.45, 2.75) is 18.7 Å². The molecule has 0 atom stereocenters. The molecule has 0 aliphatic carbocycles. The van der Waals surface area contributed by atoms with Crippen LogP contribution in [0, 0.1) is 19.7 Å². The fourth-order valence-electron chi connectivity index (χ4n) is 3.02. The van der Waals surface area contributed by atoms with Crippen LogP contribution in [-0.4, -0.2) is 30.7 Å². The average Bonchev–Trinajstić information content (AvgIpc) is 3.11. The lowest BCUT2D eigenvalue weighted by molar-refractivity contribution is 0.413. The normalized spacial score (nSPS) is 11.3. The lowest BCUT2D eigenvalue weighted by atomic mass is 10.1. The first-order chi connectivity index (χ1) is 15.8. The Bertz CT molecular complexity index is 1400. The molecule has 4 aromatic rings. The quantitative estimate of drug-likeness (QED) is 0.408. The van der Waals surface area contributed by atoms with Crippen molar-refractivity contribution >= 4 is 27.5 Å². The van der Waals surface area contributed by atoms with Gasteiger partial charge in [-0.1, -0.05) is 11.2 Å². The standard InChI is InChI=1S/C22H20FN5O4S/c1-13-14(2)27-32-21(13)28-33(29,30)16-9-7-15(8-10-16)25-22-24-12-11-18(26-22)20-17(23)5-4-6-19(20)31-3/h4-12,28H,1-3H3,(H,24,25,26). The molecular formula is C22H20FN5O4S. The van der Waals surface area contributed by atoms with Crippen molar-refractivity contribution in [3.8, 4) is 17.0 Å². The molecule has 11 heteroatoms. The van der Waals surface area contributed by atoms with Gasteiger partial charge in [-0.3, -0.25) is 0 Å². The Morgan fingerprint density at radius 2 is 1.82 bits per heavy atom. The van der Waals surface area contributed by atoms with Gasteiger partial charge in [-0.25, -0.2) is 27.5 Å². The molecule has 0 radical (unpaired) electrons. The number of aryl methyl sites for hydroxylation is 1. The van der Waals surface area contributed by atoms with Crippen LogP contribution in [0.4, 0.5) is 21.9 Å². The first-order valence-corrected chi connectivity index (χ1v) is 11.3. The summed E-state index contributed by atoms with van der Waals surface area (Å²) >= 11 is 0. The molecule has 4 rings (SSSR count). The first-order valence-electron chi connectivity index (χ1n) is 9.77. The Labute approximate surface area is 189 Å². The van der Waals surface area contributed by atoms with Gasteiger partial charge in [0.15, 0.2) is 0 Å². The van der Waals surface area contributed by atoms with Crippen LogP contribution < -0.4 is 14.8 Å². The number of sulfonamides is 1. The number of hydrogen-bond donors (Lipinski definition) is 2. The summed E-state index contributed by atoms with van der Waals surface area (Å²) in [6.07, 6.45) is 1.49. The summed E-state index contributed by atoms with van der Waals surface area (Å²) in [5.41, 5.74) is 2.31. The van der Waals surface area contributed by atoms with Gasteiger partial charge < -0.3 is 14.6 Å². The highest BCUT2D eigenvalue weighted by atomic mass is 32.2. The molecule has 2 aromatic heterocycles. The molecule has 0 unspecified atom stereocenters. The van der Waals surface area contributed by atoms with E-state index in [1.54, 1.807) is 44.2 Å². The minimum absolute atomic E-state index is 0.0345. The summed E-state index contributed by atoms with van der Waals surface area (Å²) in [7, 11) is -2.41. The summed E-state index contributed by atoms with van der Waals surface area (Å²) in [5.74, 6) is 0.153. The SMILES string of the molecule is COc1cccc(F)c1-c1ccnc(Nc2ccc(S(=O)(=O)Nc3onc(C)c3C)cc2)n1. The number of nitrogens with one attached hydrogen (secondary N) is 2. The third-order valence-corrected chi connectivity index (χ3v) is 6.26. The van der Waals surface area contributed by atoms with Crippen LogP contribution in [-0.2, 0) is 10.0 Å². The number of benzene rings is 2. The van der Waals surface area contributed by atoms with E-state index in [4.69, 9.17) is 9.26 Å². The highest BCUT2D eigenvalue weighted by Crippen LogP contribution is 2.31. The van der Waals surface area contributed by atoms with Crippen LogP contribution in [0.2, 0.25) is 0 Å². The van der Waals surface area contributed by atoms with Crippen molar-refractivity contribution in [3.63, 3.8) is 0 Å². The third-order valence-electron chi connectivity index (χ3n) is 4.91. The predicted octanol–water partition coefficient (Wildman–Crippen LogP) is 4.44. The van der Waals surface area contributed by atoms with Crippen molar-refractivity contribution in [1.82, 2.24) is 15.1 Å². The third kappa shape index (κ3) is 4.62. The monoisotopic (exact) mass is 469 g/mol. The molecule has 9 nitrogen and oxygen atoms in total. The lowest BCUT2D eigenvalue weighted by Gasteiger charge is -2.11. The van der Waals surface area contributed by atoms with Crippen LogP contribution in [0.1, 0.15) is 11.3 Å². The molecule has 0 aliphatic rings. The summed E-state index contributed by atoms with van der Waals surface area (Å²) in [4.78, 5) is 8.54. The van der Waals surface area contributed by atoms with Crippen LogP contribution in [0.5, 0.6) is 5.75 Å². The summed E-state index contributed by atoms with van der Waals surface area (Å²) in [6.45, 7) is 3.43.